The molecular formula is C15H19N3O2S. The fourth-order valence-corrected chi connectivity index (χ4v) is 5.27. The van der Waals surface area contributed by atoms with Crippen molar-refractivity contribution in [2.45, 2.75) is 30.2 Å². The maximum Gasteiger partial charge on any atom is 0.244 e. The molecule has 1 saturated heterocycles. The summed E-state index contributed by atoms with van der Waals surface area (Å²) in [7, 11) is -3.61. The van der Waals surface area contributed by atoms with Gasteiger partial charge in [0.05, 0.1) is 10.5 Å². The molecule has 0 aromatic heterocycles. The number of hydrogen-bond acceptors (Lipinski definition) is 4. The summed E-state index contributed by atoms with van der Waals surface area (Å²) < 4.78 is 27.1. The van der Waals surface area contributed by atoms with Crippen molar-refractivity contribution in [3.63, 3.8) is 0 Å². The van der Waals surface area contributed by atoms with E-state index in [4.69, 9.17) is 11.0 Å². The molecule has 0 radical (unpaired) electrons. The minimum atomic E-state index is -3.61. The van der Waals surface area contributed by atoms with E-state index in [1.54, 1.807) is 18.2 Å². The van der Waals surface area contributed by atoms with Crippen LogP contribution in [0.4, 0.5) is 0 Å². The molecule has 1 aliphatic heterocycles. The van der Waals surface area contributed by atoms with E-state index >= 15 is 0 Å². The summed E-state index contributed by atoms with van der Waals surface area (Å²) in [5, 5.41) is 9.12. The number of nitrogens with two attached hydrogens (primary N) is 1. The second-order valence-electron chi connectivity index (χ2n) is 5.95. The third-order valence-electron chi connectivity index (χ3n) is 4.75. The molecule has 3 unspecified atom stereocenters. The highest BCUT2D eigenvalue weighted by Gasteiger charge is 2.43. The quantitative estimate of drug-likeness (QED) is 0.892. The Labute approximate surface area is 125 Å². The van der Waals surface area contributed by atoms with Crippen LogP contribution in [0.3, 0.4) is 0 Å². The Balaban J connectivity index is 1.92. The van der Waals surface area contributed by atoms with Gasteiger partial charge in [-0.05, 0) is 36.8 Å². The van der Waals surface area contributed by atoms with Crippen molar-refractivity contribution in [2.75, 3.05) is 13.1 Å². The monoisotopic (exact) mass is 305 g/mol. The number of nitriles is 1. The lowest BCUT2D eigenvalue weighted by Crippen LogP contribution is -2.38. The molecule has 6 heteroatoms. The zero-order chi connectivity index (χ0) is 15.0. The molecule has 2 aliphatic rings. The fraction of sp³-hybridized carbons (Fsp3) is 0.533. The summed E-state index contributed by atoms with van der Waals surface area (Å²) in [5.41, 5.74) is 6.35. The van der Waals surface area contributed by atoms with Crippen LogP contribution in [0.5, 0.6) is 0 Å². The summed E-state index contributed by atoms with van der Waals surface area (Å²) in [4.78, 5) is 0.111. The number of nitrogens with zero attached hydrogens (tertiary/aromatic N) is 2. The van der Waals surface area contributed by atoms with Crippen LogP contribution in [0.1, 0.15) is 24.8 Å². The van der Waals surface area contributed by atoms with Crippen LogP contribution in [0.25, 0.3) is 0 Å². The SMILES string of the molecule is N#Cc1ccccc1S(=O)(=O)N1CC2CCCC(N)C2C1. The molecule has 1 aliphatic carbocycles. The maximum atomic E-state index is 12.8. The maximum absolute atomic E-state index is 12.8. The van der Waals surface area contributed by atoms with Crippen LogP contribution in [0.2, 0.25) is 0 Å². The summed E-state index contributed by atoms with van der Waals surface area (Å²) in [6, 6.07) is 8.45. The molecule has 1 saturated carbocycles. The topological polar surface area (TPSA) is 87.2 Å². The van der Waals surface area contributed by atoms with Crippen molar-refractivity contribution >= 4 is 10.0 Å². The van der Waals surface area contributed by atoms with Crippen molar-refractivity contribution in [1.29, 1.82) is 5.26 Å². The molecule has 21 heavy (non-hydrogen) atoms. The fourth-order valence-electron chi connectivity index (χ4n) is 3.60. The van der Waals surface area contributed by atoms with E-state index in [2.05, 4.69) is 0 Å². The first-order chi connectivity index (χ1) is 10.0. The lowest BCUT2D eigenvalue weighted by Gasteiger charge is -2.29. The molecule has 1 heterocycles. The van der Waals surface area contributed by atoms with Crippen molar-refractivity contribution in [1.82, 2.24) is 4.31 Å². The van der Waals surface area contributed by atoms with Gasteiger partial charge in [0.2, 0.25) is 10.0 Å². The van der Waals surface area contributed by atoms with Crippen molar-refractivity contribution in [3.05, 3.63) is 29.8 Å². The van der Waals surface area contributed by atoms with Gasteiger partial charge in [0.15, 0.2) is 0 Å². The van der Waals surface area contributed by atoms with E-state index in [0.717, 1.165) is 19.3 Å². The molecule has 3 atom stereocenters. The van der Waals surface area contributed by atoms with Gasteiger partial charge in [0.25, 0.3) is 0 Å². The molecule has 2 fully saturated rings. The van der Waals surface area contributed by atoms with Crippen molar-refractivity contribution in [3.8, 4) is 6.07 Å². The first-order valence-electron chi connectivity index (χ1n) is 7.29. The largest absolute Gasteiger partial charge is 0.327 e. The molecule has 0 bridgehead atoms. The van der Waals surface area contributed by atoms with Gasteiger partial charge in [-0.1, -0.05) is 18.6 Å². The van der Waals surface area contributed by atoms with Gasteiger partial charge in [-0.25, -0.2) is 8.42 Å². The Bertz CT molecular complexity index is 680. The second-order valence-corrected chi connectivity index (χ2v) is 7.86. The Morgan fingerprint density at radius 1 is 1.24 bits per heavy atom. The normalized spacial score (nSPS) is 29.8. The highest BCUT2D eigenvalue weighted by molar-refractivity contribution is 7.89. The predicted octanol–water partition coefficient (Wildman–Crippen LogP) is 1.31. The highest BCUT2D eigenvalue weighted by Crippen LogP contribution is 2.38. The third-order valence-corrected chi connectivity index (χ3v) is 6.64. The number of fused-ring (bicyclic) bond motifs is 1. The van der Waals surface area contributed by atoms with Gasteiger partial charge in [-0.3, -0.25) is 0 Å². The molecule has 1 aromatic rings. The van der Waals surface area contributed by atoms with Crippen LogP contribution < -0.4 is 5.73 Å². The Morgan fingerprint density at radius 3 is 2.71 bits per heavy atom. The van der Waals surface area contributed by atoms with Gasteiger partial charge >= 0.3 is 0 Å². The molecule has 1 aromatic carbocycles. The van der Waals surface area contributed by atoms with Crippen molar-refractivity contribution in [2.24, 2.45) is 17.6 Å². The van der Waals surface area contributed by atoms with Gasteiger partial charge in [-0.2, -0.15) is 9.57 Å². The van der Waals surface area contributed by atoms with E-state index in [0.29, 0.717) is 19.0 Å². The summed E-state index contributed by atoms with van der Waals surface area (Å²) in [6.45, 7) is 1.01. The molecule has 0 amide bonds. The lowest BCUT2D eigenvalue weighted by molar-refractivity contribution is 0.260. The third kappa shape index (κ3) is 2.46. The summed E-state index contributed by atoms with van der Waals surface area (Å²) in [5.74, 6) is 0.612. The number of benzene rings is 1. The first kappa shape index (κ1) is 14.5. The smallest absolute Gasteiger partial charge is 0.244 e. The lowest BCUT2D eigenvalue weighted by atomic mass is 9.78. The zero-order valence-corrected chi connectivity index (χ0v) is 12.6. The minimum absolute atomic E-state index is 0.0927. The Kier molecular flexibility index (Phi) is 3.74. The van der Waals surface area contributed by atoms with Gasteiger partial charge in [-0.15, -0.1) is 0 Å². The van der Waals surface area contributed by atoms with Gasteiger partial charge in [0.1, 0.15) is 6.07 Å². The van der Waals surface area contributed by atoms with E-state index in [1.807, 2.05) is 6.07 Å². The van der Waals surface area contributed by atoms with Crippen LogP contribution in [-0.2, 0) is 10.0 Å². The number of sulfonamides is 1. The number of hydrogen-bond donors (Lipinski definition) is 1. The minimum Gasteiger partial charge on any atom is -0.327 e. The van der Waals surface area contributed by atoms with E-state index in [1.165, 1.54) is 10.4 Å². The average molecular weight is 305 g/mol. The second kappa shape index (κ2) is 5.41. The first-order valence-corrected chi connectivity index (χ1v) is 8.73. The summed E-state index contributed by atoms with van der Waals surface area (Å²) in [6.07, 6.45) is 3.10. The summed E-state index contributed by atoms with van der Waals surface area (Å²) >= 11 is 0. The highest BCUT2D eigenvalue weighted by atomic mass is 32.2. The molecular weight excluding hydrogens is 286 g/mol. The Hall–Kier alpha value is -1.42. The molecule has 3 rings (SSSR count). The molecule has 2 N–H and O–H groups in total. The van der Waals surface area contributed by atoms with Crippen molar-refractivity contribution < 1.29 is 8.42 Å². The predicted molar refractivity (Wildman–Crippen MR) is 78.7 cm³/mol. The molecule has 5 nitrogen and oxygen atoms in total. The Morgan fingerprint density at radius 2 is 2.00 bits per heavy atom. The van der Waals surface area contributed by atoms with Gasteiger partial charge < -0.3 is 5.73 Å². The molecule has 0 spiro atoms. The average Bonchev–Trinajstić information content (AvgIpc) is 2.93. The molecule has 112 valence electrons. The van der Waals surface area contributed by atoms with E-state index in [-0.39, 0.29) is 22.4 Å². The van der Waals surface area contributed by atoms with Crippen LogP contribution >= 0.6 is 0 Å². The standard InChI is InChI=1S/C15H19N3O2S/c16-8-11-4-1-2-7-15(11)21(19,20)18-9-12-5-3-6-14(17)13(12)10-18/h1-2,4,7,12-14H,3,5-6,9-10,17H2. The number of rotatable bonds is 2. The van der Waals surface area contributed by atoms with E-state index < -0.39 is 10.0 Å². The zero-order valence-electron chi connectivity index (χ0n) is 11.8. The van der Waals surface area contributed by atoms with E-state index in [9.17, 15) is 8.42 Å². The van der Waals surface area contributed by atoms with Crippen LogP contribution in [-0.4, -0.2) is 31.9 Å². The van der Waals surface area contributed by atoms with Crippen LogP contribution in [0, 0.1) is 23.2 Å². The van der Waals surface area contributed by atoms with Crippen LogP contribution in [0.15, 0.2) is 29.2 Å². The van der Waals surface area contributed by atoms with Gasteiger partial charge in [0, 0.05) is 19.1 Å².